The third-order valence-electron chi connectivity index (χ3n) is 2.73. The highest BCUT2D eigenvalue weighted by atomic mass is 79.9. The van der Waals surface area contributed by atoms with E-state index in [-0.39, 0.29) is 5.91 Å². The molecule has 0 aliphatic heterocycles. The first-order chi connectivity index (χ1) is 9.63. The second-order valence-corrected chi connectivity index (χ2v) is 6.55. The van der Waals surface area contributed by atoms with E-state index in [0.717, 1.165) is 15.9 Å². The summed E-state index contributed by atoms with van der Waals surface area (Å²) >= 11 is 5.09. The Hall–Kier alpha value is -1.26. The molecule has 0 radical (unpaired) electrons. The summed E-state index contributed by atoms with van der Waals surface area (Å²) in [5.41, 5.74) is 2.08. The minimum atomic E-state index is 0.0442. The summed E-state index contributed by atoms with van der Waals surface area (Å²) in [7, 11) is 0. The van der Waals surface area contributed by atoms with Gasteiger partial charge in [-0.25, -0.2) is 0 Å². The van der Waals surface area contributed by atoms with Gasteiger partial charge in [0.1, 0.15) is 0 Å². The van der Waals surface area contributed by atoms with Crippen LogP contribution in [0.2, 0.25) is 0 Å². The first-order valence-corrected chi connectivity index (χ1v) is 8.16. The summed E-state index contributed by atoms with van der Waals surface area (Å²) < 4.78 is 0.962. The Morgan fingerprint density at radius 3 is 2.65 bits per heavy atom. The molecule has 0 bridgehead atoms. The Bertz CT molecular complexity index is 583. The second-order valence-electron chi connectivity index (χ2n) is 4.47. The SMILES string of the molecule is Cc1ccc(SCCC(=O)Nc2cccc(Br)c2)cc1. The lowest BCUT2D eigenvalue weighted by Gasteiger charge is -2.06. The van der Waals surface area contributed by atoms with E-state index in [1.54, 1.807) is 11.8 Å². The molecular weight excluding hydrogens is 334 g/mol. The topological polar surface area (TPSA) is 29.1 Å². The van der Waals surface area contributed by atoms with E-state index in [2.05, 4.69) is 52.4 Å². The third kappa shape index (κ3) is 5.02. The van der Waals surface area contributed by atoms with Crippen LogP contribution >= 0.6 is 27.7 Å². The smallest absolute Gasteiger partial charge is 0.225 e. The minimum absolute atomic E-state index is 0.0442. The number of nitrogens with one attached hydrogen (secondary N) is 1. The number of carbonyl (C=O) groups is 1. The maximum atomic E-state index is 11.8. The number of amides is 1. The number of carbonyl (C=O) groups excluding carboxylic acids is 1. The lowest BCUT2D eigenvalue weighted by molar-refractivity contribution is -0.115. The Morgan fingerprint density at radius 2 is 1.95 bits per heavy atom. The van der Waals surface area contributed by atoms with Crippen molar-refractivity contribution in [1.29, 1.82) is 0 Å². The fraction of sp³-hybridized carbons (Fsp3) is 0.188. The monoisotopic (exact) mass is 349 g/mol. The van der Waals surface area contributed by atoms with Crippen LogP contribution in [0.15, 0.2) is 57.9 Å². The van der Waals surface area contributed by atoms with Gasteiger partial charge in [0.05, 0.1) is 0 Å². The van der Waals surface area contributed by atoms with Crippen molar-refractivity contribution in [2.75, 3.05) is 11.1 Å². The highest BCUT2D eigenvalue weighted by Gasteiger charge is 2.03. The van der Waals surface area contributed by atoms with Gasteiger partial charge in [-0.2, -0.15) is 0 Å². The quantitative estimate of drug-likeness (QED) is 0.779. The number of aryl methyl sites for hydroxylation is 1. The molecule has 1 amide bonds. The molecule has 104 valence electrons. The second kappa shape index (κ2) is 7.50. The van der Waals surface area contributed by atoms with E-state index in [9.17, 15) is 4.79 Å². The van der Waals surface area contributed by atoms with Gasteiger partial charge in [-0.3, -0.25) is 4.79 Å². The molecule has 2 aromatic rings. The van der Waals surface area contributed by atoms with Crippen molar-refractivity contribution in [3.63, 3.8) is 0 Å². The molecule has 0 saturated carbocycles. The van der Waals surface area contributed by atoms with Crippen LogP contribution in [-0.2, 0) is 4.79 Å². The van der Waals surface area contributed by atoms with Crippen molar-refractivity contribution in [3.8, 4) is 0 Å². The number of hydrogen-bond donors (Lipinski definition) is 1. The zero-order valence-electron chi connectivity index (χ0n) is 11.2. The molecule has 20 heavy (non-hydrogen) atoms. The molecule has 0 aliphatic rings. The number of halogens is 1. The van der Waals surface area contributed by atoms with Crippen LogP contribution in [0.25, 0.3) is 0 Å². The first-order valence-electron chi connectivity index (χ1n) is 6.38. The lowest BCUT2D eigenvalue weighted by Crippen LogP contribution is -2.12. The number of anilines is 1. The van der Waals surface area contributed by atoms with Gasteiger partial charge >= 0.3 is 0 Å². The highest BCUT2D eigenvalue weighted by molar-refractivity contribution is 9.10. The van der Waals surface area contributed by atoms with Crippen LogP contribution in [0.5, 0.6) is 0 Å². The van der Waals surface area contributed by atoms with Gasteiger partial charge in [-0.1, -0.05) is 39.7 Å². The van der Waals surface area contributed by atoms with Gasteiger partial charge in [0.2, 0.25) is 5.91 Å². The molecule has 1 N–H and O–H groups in total. The summed E-state index contributed by atoms with van der Waals surface area (Å²) in [5.74, 6) is 0.825. The lowest BCUT2D eigenvalue weighted by atomic mass is 10.2. The number of thioether (sulfide) groups is 1. The number of benzene rings is 2. The Morgan fingerprint density at radius 1 is 1.20 bits per heavy atom. The predicted octanol–water partition coefficient (Wildman–Crippen LogP) is 4.88. The number of rotatable bonds is 5. The van der Waals surface area contributed by atoms with Crippen LogP contribution < -0.4 is 5.32 Å². The van der Waals surface area contributed by atoms with E-state index in [1.807, 2.05) is 24.3 Å². The number of hydrogen-bond acceptors (Lipinski definition) is 2. The van der Waals surface area contributed by atoms with Crippen molar-refractivity contribution in [1.82, 2.24) is 0 Å². The maximum Gasteiger partial charge on any atom is 0.225 e. The van der Waals surface area contributed by atoms with Gasteiger partial charge < -0.3 is 5.32 Å². The fourth-order valence-corrected chi connectivity index (χ4v) is 2.94. The molecule has 0 spiro atoms. The summed E-state index contributed by atoms with van der Waals surface area (Å²) in [5, 5.41) is 2.90. The molecule has 0 heterocycles. The molecular formula is C16H16BrNOS. The Balaban J connectivity index is 1.76. The van der Waals surface area contributed by atoms with Crippen LogP contribution in [0.3, 0.4) is 0 Å². The largest absolute Gasteiger partial charge is 0.326 e. The van der Waals surface area contributed by atoms with Crippen LogP contribution in [0.1, 0.15) is 12.0 Å². The van der Waals surface area contributed by atoms with E-state index in [0.29, 0.717) is 6.42 Å². The summed E-state index contributed by atoms with van der Waals surface area (Å²) in [4.78, 5) is 13.0. The van der Waals surface area contributed by atoms with Crippen molar-refractivity contribution in [2.24, 2.45) is 0 Å². The molecule has 4 heteroatoms. The van der Waals surface area contributed by atoms with Gasteiger partial charge in [0.25, 0.3) is 0 Å². The molecule has 2 aromatic carbocycles. The Kier molecular flexibility index (Phi) is 5.68. The highest BCUT2D eigenvalue weighted by Crippen LogP contribution is 2.20. The van der Waals surface area contributed by atoms with Gasteiger partial charge in [0.15, 0.2) is 0 Å². The van der Waals surface area contributed by atoms with Crippen molar-refractivity contribution in [2.45, 2.75) is 18.2 Å². The normalized spacial score (nSPS) is 10.3. The van der Waals surface area contributed by atoms with Gasteiger partial charge in [0, 0.05) is 27.2 Å². The average Bonchev–Trinajstić information content (AvgIpc) is 2.41. The molecule has 0 atom stereocenters. The van der Waals surface area contributed by atoms with Gasteiger partial charge in [-0.15, -0.1) is 11.8 Å². The summed E-state index contributed by atoms with van der Waals surface area (Å²) in [6, 6.07) is 16.0. The first kappa shape index (κ1) is 15.1. The van der Waals surface area contributed by atoms with E-state index in [1.165, 1.54) is 10.5 Å². The van der Waals surface area contributed by atoms with E-state index < -0.39 is 0 Å². The molecule has 0 aromatic heterocycles. The summed E-state index contributed by atoms with van der Waals surface area (Å²) in [6.45, 7) is 2.07. The molecule has 0 unspecified atom stereocenters. The van der Waals surface area contributed by atoms with Crippen molar-refractivity contribution >= 4 is 39.3 Å². The van der Waals surface area contributed by atoms with Crippen LogP contribution in [0, 0.1) is 6.92 Å². The zero-order chi connectivity index (χ0) is 14.4. The van der Waals surface area contributed by atoms with Gasteiger partial charge in [-0.05, 0) is 37.3 Å². The van der Waals surface area contributed by atoms with Crippen molar-refractivity contribution in [3.05, 3.63) is 58.6 Å². The fourth-order valence-electron chi connectivity index (χ4n) is 1.69. The maximum absolute atomic E-state index is 11.8. The Labute approximate surface area is 132 Å². The van der Waals surface area contributed by atoms with E-state index in [4.69, 9.17) is 0 Å². The van der Waals surface area contributed by atoms with Crippen molar-refractivity contribution < 1.29 is 4.79 Å². The van der Waals surface area contributed by atoms with Crippen LogP contribution in [0.4, 0.5) is 5.69 Å². The van der Waals surface area contributed by atoms with E-state index >= 15 is 0 Å². The molecule has 0 aliphatic carbocycles. The average molecular weight is 350 g/mol. The zero-order valence-corrected chi connectivity index (χ0v) is 13.6. The van der Waals surface area contributed by atoms with Crippen LogP contribution in [-0.4, -0.2) is 11.7 Å². The predicted molar refractivity (Wildman–Crippen MR) is 89.3 cm³/mol. The molecule has 2 nitrogen and oxygen atoms in total. The third-order valence-corrected chi connectivity index (χ3v) is 4.23. The molecule has 0 saturated heterocycles. The minimum Gasteiger partial charge on any atom is -0.326 e. The molecule has 0 fully saturated rings. The standard InChI is InChI=1S/C16H16BrNOS/c1-12-5-7-15(8-6-12)20-10-9-16(19)18-14-4-2-3-13(17)11-14/h2-8,11H,9-10H2,1H3,(H,18,19). The molecule has 2 rings (SSSR count). The summed E-state index contributed by atoms with van der Waals surface area (Å²) in [6.07, 6.45) is 0.505.